The van der Waals surface area contributed by atoms with Crippen molar-refractivity contribution in [1.82, 2.24) is 15.6 Å². The Kier molecular flexibility index (Phi) is 3.81. The van der Waals surface area contributed by atoms with Crippen LogP contribution in [-0.4, -0.2) is 15.9 Å². The zero-order valence-electron chi connectivity index (χ0n) is 14.0. The number of nitrogens with zero attached hydrogens (tertiary/aromatic N) is 1. The van der Waals surface area contributed by atoms with Crippen molar-refractivity contribution in [3.05, 3.63) is 52.3 Å². The van der Waals surface area contributed by atoms with E-state index in [4.69, 9.17) is 23.8 Å². The summed E-state index contributed by atoms with van der Waals surface area (Å²) in [6.45, 7) is 4.20. The van der Waals surface area contributed by atoms with Crippen molar-refractivity contribution < 1.29 is 4.79 Å². The average molecular weight is 372 g/mol. The van der Waals surface area contributed by atoms with E-state index in [-0.39, 0.29) is 17.2 Å². The van der Waals surface area contributed by atoms with Gasteiger partial charge in [-0.1, -0.05) is 43.6 Å². The molecule has 0 saturated carbocycles. The molecule has 1 aliphatic carbocycles. The first-order valence-corrected chi connectivity index (χ1v) is 9.02. The van der Waals surface area contributed by atoms with Crippen LogP contribution in [0.1, 0.15) is 38.3 Å². The molecule has 0 fully saturated rings. The average Bonchev–Trinajstić information content (AvgIpc) is 2.51. The summed E-state index contributed by atoms with van der Waals surface area (Å²) in [5.74, 6) is 0.128. The fourth-order valence-electron chi connectivity index (χ4n) is 3.70. The van der Waals surface area contributed by atoms with Gasteiger partial charge in [0.15, 0.2) is 10.9 Å². The Morgan fingerprint density at radius 3 is 2.84 bits per heavy atom. The van der Waals surface area contributed by atoms with Gasteiger partial charge in [0.1, 0.15) is 5.15 Å². The Morgan fingerprint density at radius 2 is 2.04 bits per heavy atom. The molecule has 0 bridgehead atoms. The fourth-order valence-corrected chi connectivity index (χ4v) is 4.20. The molecule has 25 heavy (non-hydrogen) atoms. The predicted molar refractivity (Wildman–Crippen MR) is 103 cm³/mol. The van der Waals surface area contributed by atoms with Crippen molar-refractivity contribution in [3.63, 3.8) is 0 Å². The minimum Gasteiger partial charge on any atom is -0.351 e. The molecule has 1 aromatic heterocycles. The van der Waals surface area contributed by atoms with Crippen LogP contribution in [0, 0.1) is 5.41 Å². The minimum atomic E-state index is -0.364. The first-order valence-electron chi connectivity index (χ1n) is 8.23. The number of nitrogens with one attached hydrogen (secondary N) is 2. The van der Waals surface area contributed by atoms with E-state index in [1.165, 1.54) is 0 Å². The highest BCUT2D eigenvalue weighted by molar-refractivity contribution is 7.80. The molecule has 2 heterocycles. The number of thiocarbonyl (C=S) groups is 1. The minimum absolute atomic E-state index is 0.0775. The zero-order chi connectivity index (χ0) is 17.8. The lowest BCUT2D eigenvalue weighted by Gasteiger charge is -2.39. The van der Waals surface area contributed by atoms with E-state index < -0.39 is 0 Å². The first-order chi connectivity index (χ1) is 11.8. The molecule has 0 amide bonds. The molecule has 6 heteroatoms. The largest absolute Gasteiger partial charge is 0.351 e. The fraction of sp³-hybridized carbons (Fsp3) is 0.316. The van der Waals surface area contributed by atoms with Gasteiger partial charge in [-0.15, -0.1) is 0 Å². The summed E-state index contributed by atoms with van der Waals surface area (Å²) in [7, 11) is 0. The van der Waals surface area contributed by atoms with Crippen molar-refractivity contribution in [2.45, 2.75) is 32.7 Å². The third-order valence-electron chi connectivity index (χ3n) is 4.76. The summed E-state index contributed by atoms with van der Waals surface area (Å²) in [6.07, 6.45) is 1.29. The van der Waals surface area contributed by atoms with Crippen LogP contribution in [0.15, 0.2) is 41.6 Å². The normalized spacial score (nSPS) is 22.4. The zero-order valence-corrected chi connectivity index (χ0v) is 15.6. The van der Waals surface area contributed by atoms with Gasteiger partial charge in [-0.25, -0.2) is 4.98 Å². The van der Waals surface area contributed by atoms with Gasteiger partial charge in [-0.3, -0.25) is 4.79 Å². The van der Waals surface area contributed by atoms with Crippen molar-refractivity contribution in [1.29, 1.82) is 0 Å². The van der Waals surface area contributed by atoms with E-state index in [2.05, 4.69) is 29.5 Å². The molecular formula is C19H18ClN3OS. The Hall–Kier alpha value is -1.98. The lowest BCUT2D eigenvalue weighted by molar-refractivity contribution is -0.118. The molecule has 4 nitrogen and oxygen atoms in total. The summed E-state index contributed by atoms with van der Waals surface area (Å²) < 4.78 is 0. The number of allylic oxidation sites excluding steroid dienone is 1. The standard InChI is InChI=1S/C19H18ClN3OS/c1-19(2)8-13-15(14(24)9-19)16(23-18(25)22-13)11-7-10-5-3-4-6-12(10)21-17(11)20/h3-7,16H,8-9H2,1-2H3,(H2,22,23,25). The maximum atomic E-state index is 12.9. The second-order valence-electron chi connectivity index (χ2n) is 7.43. The number of carbonyl (C=O) groups excluding carboxylic acids is 1. The summed E-state index contributed by atoms with van der Waals surface area (Å²) in [6, 6.07) is 9.43. The van der Waals surface area contributed by atoms with E-state index >= 15 is 0 Å². The quantitative estimate of drug-likeness (QED) is 0.585. The smallest absolute Gasteiger partial charge is 0.171 e. The number of pyridine rings is 1. The van der Waals surface area contributed by atoms with Crippen molar-refractivity contribution in [2.75, 3.05) is 0 Å². The van der Waals surface area contributed by atoms with Crippen LogP contribution < -0.4 is 10.6 Å². The Bertz CT molecular complexity index is 951. The SMILES string of the molecule is CC1(C)CC(=O)C2=C(C1)NC(=S)NC2c1cc2ccccc2nc1Cl. The molecule has 0 saturated heterocycles. The highest BCUT2D eigenvalue weighted by Gasteiger charge is 2.40. The van der Waals surface area contributed by atoms with Crippen LogP contribution in [0.5, 0.6) is 0 Å². The molecule has 2 N–H and O–H groups in total. The number of rotatable bonds is 1. The summed E-state index contributed by atoms with van der Waals surface area (Å²) in [5.41, 5.74) is 3.17. The molecule has 0 spiro atoms. The second-order valence-corrected chi connectivity index (χ2v) is 8.19. The number of para-hydroxylation sites is 1. The van der Waals surface area contributed by atoms with Gasteiger partial charge in [0.05, 0.1) is 11.6 Å². The van der Waals surface area contributed by atoms with Gasteiger partial charge in [0, 0.05) is 28.6 Å². The number of halogens is 1. The second kappa shape index (κ2) is 5.78. The molecule has 2 aromatic rings. The number of aromatic nitrogens is 1. The molecular weight excluding hydrogens is 354 g/mol. The number of carbonyl (C=O) groups is 1. The third-order valence-corrected chi connectivity index (χ3v) is 5.29. The number of hydrogen-bond acceptors (Lipinski definition) is 3. The highest BCUT2D eigenvalue weighted by Crippen LogP contribution is 2.42. The summed E-state index contributed by atoms with van der Waals surface area (Å²) in [4.78, 5) is 17.4. The van der Waals surface area contributed by atoms with Gasteiger partial charge >= 0.3 is 0 Å². The summed E-state index contributed by atoms with van der Waals surface area (Å²) in [5, 5.41) is 8.28. The predicted octanol–water partition coefficient (Wildman–Crippen LogP) is 4.05. The molecule has 1 aliphatic heterocycles. The van der Waals surface area contributed by atoms with Crippen molar-refractivity contribution in [3.8, 4) is 0 Å². The van der Waals surface area contributed by atoms with Crippen molar-refractivity contribution >= 4 is 45.6 Å². The highest BCUT2D eigenvalue weighted by atomic mass is 35.5. The Balaban J connectivity index is 1.88. The maximum Gasteiger partial charge on any atom is 0.171 e. The number of ketones is 1. The van der Waals surface area contributed by atoms with Gasteiger partial charge < -0.3 is 10.6 Å². The molecule has 1 atom stereocenters. The number of hydrogen-bond donors (Lipinski definition) is 2. The summed E-state index contributed by atoms with van der Waals surface area (Å²) >= 11 is 11.8. The van der Waals surface area contributed by atoms with E-state index in [9.17, 15) is 4.79 Å². The van der Waals surface area contributed by atoms with Gasteiger partial charge in [0.25, 0.3) is 0 Å². The topological polar surface area (TPSA) is 54.0 Å². The van der Waals surface area contributed by atoms with Gasteiger partial charge in [-0.05, 0) is 36.2 Å². The van der Waals surface area contributed by atoms with E-state index in [0.717, 1.165) is 34.2 Å². The van der Waals surface area contributed by atoms with Crippen LogP contribution in [0.3, 0.4) is 0 Å². The Morgan fingerprint density at radius 1 is 1.28 bits per heavy atom. The number of benzene rings is 1. The monoisotopic (exact) mass is 371 g/mol. The molecule has 4 rings (SSSR count). The van der Waals surface area contributed by atoms with Crippen LogP contribution in [0.2, 0.25) is 5.15 Å². The lowest BCUT2D eigenvalue weighted by atomic mass is 9.73. The third kappa shape index (κ3) is 2.92. The lowest BCUT2D eigenvalue weighted by Crippen LogP contribution is -2.48. The molecule has 1 unspecified atom stereocenters. The van der Waals surface area contributed by atoms with E-state index in [1.807, 2.05) is 30.3 Å². The Labute approximate surface area is 156 Å². The van der Waals surface area contributed by atoms with Gasteiger partial charge in [-0.2, -0.15) is 0 Å². The van der Waals surface area contributed by atoms with Crippen LogP contribution in [0.25, 0.3) is 10.9 Å². The maximum absolute atomic E-state index is 12.9. The first kappa shape index (κ1) is 16.5. The molecule has 0 radical (unpaired) electrons. The molecule has 128 valence electrons. The molecule has 2 aliphatic rings. The van der Waals surface area contributed by atoms with E-state index in [1.54, 1.807) is 0 Å². The van der Waals surface area contributed by atoms with Crippen LogP contribution >= 0.6 is 23.8 Å². The number of Topliss-reactive ketones (excluding diaryl/α,β-unsaturated/α-hetero) is 1. The van der Waals surface area contributed by atoms with E-state index in [0.29, 0.717) is 16.7 Å². The molecule has 1 aromatic carbocycles. The number of fused-ring (bicyclic) bond motifs is 1. The van der Waals surface area contributed by atoms with Crippen molar-refractivity contribution in [2.24, 2.45) is 5.41 Å². The van der Waals surface area contributed by atoms with Crippen LogP contribution in [0.4, 0.5) is 0 Å². The van der Waals surface area contributed by atoms with Gasteiger partial charge in [0.2, 0.25) is 0 Å². The van der Waals surface area contributed by atoms with Crippen LogP contribution in [-0.2, 0) is 4.79 Å².